The lowest BCUT2D eigenvalue weighted by Crippen LogP contribution is -2.18. The number of primary sulfonamides is 1. The highest BCUT2D eigenvalue weighted by molar-refractivity contribution is 7.89. The molecule has 1 amide bonds. The molecule has 0 bridgehead atoms. The van der Waals surface area contributed by atoms with Crippen molar-refractivity contribution in [2.45, 2.75) is 25.2 Å². The molecule has 1 aromatic carbocycles. The first-order valence-electron chi connectivity index (χ1n) is 6.17. The topological polar surface area (TPSA) is 98.5 Å². The Hall–Kier alpha value is -1.60. The van der Waals surface area contributed by atoms with Gasteiger partial charge in [0, 0.05) is 5.92 Å². The van der Waals surface area contributed by atoms with E-state index in [1.54, 1.807) is 0 Å². The zero-order valence-corrected chi connectivity index (χ0v) is 12.5. The quantitative estimate of drug-likeness (QED) is 0.876. The third-order valence-electron chi connectivity index (χ3n) is 3.59. The summed E-state index contributed by atoms with van der Waals surface area (Å²) in [5.74, 6) is 0.189. The van der Waals surface area contributed by atoms with Crippen molar-refractivity contribution in [3.8, 4) is 5.75 Å². The van der Waals surface area contributed by atoms with E-state index in [0.717, 1.165) is 6.42 Å². The fraction of sp³-hybridized carbons (Fsp3) is 0.462. The Morgan fingerprint density at radius 2 is 2.05 bits per heavy atom. The molecule has 1 saturated carbocycles. The largest absolute Gasteiger partial charge is 0.495 e. The molecule has 1 unspecified atom stereocenters. The maximum atomic E-state index is 12.1. The van der Waals surface area contributed by atoms with Crippen LogP contribution in [0.4, 0.5) is 5.69 Å². The van der Waals surface area contributed by atoms with Gasteiger partial charge < -0.3 is 10.1 Å². The number of rotatable bonds is 4. The summed E-state index contributed by atoms with van der Waals surface area (Å²) in [6.07, 6.45) is 0.816. The second kappa shape index (κ2) is 4.75. The van der Waals surface area contributed by atoms with Gasteiger partial charge in [0.05, 0.1) is 17.7 Å². The predicted molar refractivity (Wildman–Crippen MR) is 74.9 cm³/mol. The molecule has 1 fully saturated rings. The Bertz CT molecular complexity index is 652. The molecule has 1 atom stereocenters. The molecular formula is C13H18N2O4S. The van der Waals surface area contributed by atoms with E-state index in [0.29, 0.717) is 11.4 Å². The van der Waals surface area contributed by atoms with E-state index < -0.39 is 10.0 Å². The van der Waals surface area contributed by atoms with E-state index in [4.69, 9.17) is 9.88 Å². The Kier molecular flexibility index (Phi) is 3.51. The average Bonchev–Trinajstić information content (AvgIpc) is 2.97. The second-order valence-corrected chi connectivity index (χ2v) is 7.20. The van der Waals surface area contributed by atoms with E-state index in [1.807, 2.05) is 13.8 Å². The van der Waals surface area contributed by atoms with Crippen LogP contribution in [0.25, 0.3) is 0 Å². The molecule has 0 spiro atoms. The molecule has 1 aliphatic carbocycles. The monoisotopic (exact) mass is 298 g/mol. The number of methoxy groups -OCH3 is 1. The van der Waals surface area contributed by atoms with E-state index in [9.17, 15) is 13.2 Å². The van der Waals surface area contributed by atoms with Crippen LogP contribution < -0.4 is 15.2 Å². The van der Waals surface area contributed by atoms with Crippen LogP contribution in [-0.2, 0) is 14.8 Å². The van der Waals surface area contributed by atoms with Crippen LogP contribution >= 0.6 is 0 Å². The van der Waals surface area contributed by atoms with Crippen LogP contribution in [0.2, 0.25) is 0 Å². The Labute approximate surface area is 118 Å². The first-order valence-corrected chi connectivity index (χ1v) is 7.71. The summed E-state index contributed by atoms with van der Waals surface area (Å²) in [5.41, 5.74) is 0.307. The fourth-order valence-electron chi connectivity index (χ4n) is 2.10. The molecular weight excluding hydrogens is 280 g/mol. The molecule has 0 saturated heterocycles. The number of carbonyl (C=O) groups is 1. The molecule has 2 rings (SSSR count). The van der Waals surface area contributed by atoms with Gasteiger partial charge in [0.1, 0.15) is 5.75 Å². The summed E-state index contributed by atoms with van der Waals surface area (Å²) in [6.45, 7) is 4.02. The van der Waals surface area contributed by atoms with Crippen molar-refractivity contribution >= 4 is 21.6 Å². The van der Waals surface area contributed by atoms with E-state index in [1.165, 1.54) is 25.3 Å². The number of nitrogens with one attached hydrogen (secondary N) is 1. The molecule has 0 aromatic heterocycles. The maximum absolute atomic E-state index is 12.1. The van der Waals surface area contributed by atoms with Crippen molar-refractivity contribution in [2.24, 2.45) is 16.5 Å². The SMILES string of the molecule is COc1ccc(S(N)(=O)=O)cc1NC(=O)C1CC1(C)C. The van der Waals surface area contributed by atoms with Crippen LogP contribution in [0.3, 0.4) is 0 Å². The van der Waals surface area contributed by atoms with Crippen molar-refractivity contribution in [3.63, 3.8) is 0 Å². The van der Waals surface area contributed by atoms with Crippen LogP contribution in [0.1, 0.15) is 20.3 Å². The average molecular weight is 298 g/mol. The number of carbonyl (C=O) groups excluding carboxylic acids is 1. The molecule has 0 radical (unpaired) electrons. The Balaban J connectivity index is 2.28. The molecule has 0 heterocycles. The van der Waals surface area contributed by atoms with E-state index in [-0.39, 0.29) is 22.1 Å². The zero-order chi connectivity index (χ0) is 15.1. The highest BCUT2D eigenvalue weighted by atomic mass is 32.2. The molecule has 3 N–H and O–H groups in total. The van der Waals surface area contributed by atoms with Crippen LogP contribution in [-0.4, -0.2) is 21.4 Å². The summed E-state index contributed by atoms with van der Waals surface area (Å²) < 4.78 is 27.8. The number of amides is 1. The van der Waals surface area contributed by atoms with Gasteiger partial charge in [-0.15, -0.1) is 0 Å². The van der Waals surface area contributed by atoms with Crippen LogP contribution in [0.5, 0.6) is 5.75 Å². The highest BCUT2D eigenvalue weighted by Crippen LogP contribution is 2.52. The Morgan fingerprint density at radius 1 is 1.45 bits per heavy atom. The van der Waals surface area contributed by atoms with E-state index >= 15 is 0 Å². The lowest BCUT2D eigenvalue weighted by molar-refractivity contribution is -0.118. The summed E-state index contributed by atoms with van der Waals surface area (Å²) in [6, 6.07) is 4.11. The smallest absolute Gasteiger partial charge is 0.238 e. The van der Waals surface area contributed by atoms with Crippen molar-refractivity contribution in [3.05, 3.63) is 18.2 Å². The van der Waals surface area contributed by atoms with Crippen molar-refractivity contribution in [1.82, 2.24) is 0 Å². The van der Waals surface area contributed by atoms with Crippen molar-refractivity contribution < 1.29 is 17.9 Å². The molecule has 6 nitrogen and oxygen atoms in total. The first-order chi connectivity index (χ1) is 9.15. The maximum Gasteiger partial charge on any atom is 0.238 e. The van der Waals surface area contributed by atoms with Crippen molar-refractivity contribution in [1.29, 1.82) is 0 Å². The van der Waals surface area contributed by atoms with Gasteiger partial charge in [-0.25, -0.2) is 13.6 Å². The molecule has 0 aliphatic heterocycles. The molecule has 20 heavy (non-hydrogen) atoms. The lowest BCUT2D eigenvalue weighted by atomic mass is 10.1. The number of anilines is 1. The standard InChI is InChI=1S/C13H18N2O4S/c1-13(2)7-9(13)12(16)15-10-6-8(20(14,17)18)4-5-11(10)19-3/h4-6,9H,7H2,1-3H3,(H,15,16)(H2,14,17,18). The first kappa shape index (κ1) is 14.8. The van der Waals surface area contributed by atoms with Gasteiger partial charge >= 0.3 is 0 Å². The molecule has 7 heteroatoms. The summed E-state index contributed by atoms with van der Waals surface area (Å²) in [4.78, 5) is 12.0. The van der Waals surface area contributed by atoms with Crippen LogP contribution in [0.15, 0.2) is 23.1 Å². The lowest BCUT2D eigenvalue weighted by Gasteiger charge is -2.12. The molecule has 1 aromatic rings. The molecule has 1 aliphatic rings. The zero-order valence-electron chi connectivity index (χ0n) is 11.6. The normalized spacial score (nSPS) is 20.3. The Morgan fingerprint density at radius 3 is 2.50 bits per heavy atom. The number of sulfonamides is 1. The van der Waals surface area contributed by atoms with Gasteiger partial charge in [-0.05, 0) is 30.0 Å². The third-order valence-corrected chi connectivity index (χ3v) is 4.50. The number of nitrogens with two attached hydrogens (primary N) is 1. The van der Waals surface area contributed by atoms with Gasteiger partial charge in [-0.1, -0.05) is 13.8 Å². The van der Waals surface area contributed by atoms with Gasteiger partial charge in [-0.2, -0.15) is 0 Å². The number of hydrogen-bond acceptors (Lipinski definition) is 4. The van der Waals surface area contributed by atoms with Gasteiger partial charge in [0.25, 0.3) is 0 Å². The van der Waals surface area contributed by atoms with Gasteiger partial charge in [0.2, 0.25) is 15.9 Å². The van der Waals surface area contributed by atoms with Crippen LogP contribution in [0, 0.1) is 11.3 Å². The third kappa shape index (κ3) is 2.94. The minimum absolute atomic E-state index is 0.00509. The summed E-state index contributed by atoms with van der Waals surface area (Å²) in [7, 11) is -2.37. The summed E-state index contributed by atoms with van der Waals surface area (Å²) in [5, 5.41) is 7.79. The fourth-order valence-corrected chi connectivity index (χ4v) is 2.64. The highest BCUT2D eigenvalue weighted by Gasteiger charge is 2.50. The second-order valence-electron chi connectivity index (χ2n) is 5.64. The van der Waals surface area contributed by atoms with E-state index in [2.05, 4.69) is 5.32 Å². The number of ether oxygens (including phenoxy) is 1. The number of benzene rings is 1. The minimum atomic E-state index is -3.82. The number of hydrogen-bond donors (Lipinski definition) is 2. The van der Waals surface area contributed by atoms with Gasteiger partial charge in [-0.3, -0.25) is 4.79 Å². The van der Waals surface area contributed by atoms with Gasteiger partial charge in [0.15, 0.2) is 0 Å². The summed E-state index contributed by atoms with van der Waals surface area (Å²) >= 11 is 0. The minimum Gasteiger partial charge on any atom is -0.495 e. The molecule has 110 valence electrons. The van der Waals surface area contributed by atoms with Crippen molar-refractivity contribution in [2.75, 3.05) is 12.4 Å². The predicted octanol–water partition coefficient (Wildman–Crippen LogP) is 1.33.